The van der Waals surface area contributed by atoms with Crippen molar-refractivity contribution in [1.82, 2.24) is 9.80 Å². The summed E-state index contributed by atoms with van der Waals surface area (Å²) in [6.45, 7) is 2.60. The lowest BCUT2D eigenvalue weighted by Gasteiger charge is -2.34. The highest BCUT2D eigenvalue weighted by Gasteiger charge is 2.24. The lowest BCUT2D eigenvalue weighted by atomic mass is 10.0. The van der Waals surface area contributed by atoms with Crippen LogP contribution < -0.4 is 11.5 Å². The number of amides is 2. The highest BCUT2D eigenvalue weighted by Crippen LogP contribution is 2.22. The number of hydrogen-bond donors (Lipinski definition) is 2. The Morgan fingerprint density at radius 3 is 2.12 bits per heavy atom. The van der Waals surface area contributed by atoms with E-state index in [0.29, 0.717) is 38.3 Å². The monoisotopic (exact) mass is 352 g/mol. The third-order valence-corrected chi connectivity index (χ3v) is 4.70. The molecular formula is C20H24N4O2. The van der Waals surface area contributed by atoms with Crippen LogP contribution in [0.2, 0.25) is 0 Å². The average molecular weight is 352 g/mol. The van der Waals surface area contributed by atoms with Gasteiger partial charge in [-0.3, -0.25) is 9.59 Å². The third-order valence-electron chi connectivity index (χ3n) is 4.70. The van der Waals surface area contributed by atoms with E-state index in [4.69, 9.17) is 11.5 Å². The Hall–Kier alpha value is -2.70. The molecule has 0 aromatic heterocycles. The first-order chi connectivity index (χ1) is 12.6. The van der Waals surface area contributed by atoms with Crippen molar-refractivity contribution in [2.75, 3.05) is 32.7 Å². The normalized spacial score (nSPS) is 14.4. The van der Waals surface area contributed by atoms with Crippen LogP contribution >= 0.6 is 0 Å². The van der Waals surface area contributed by atoms with Crippen LogP contribution in [0.5, 0.6) is 0 Å². The van der Waals surface area contributed by atoms with Crippen molar-refractivity contribution < 1.29 is 9.59 Å². The van der Waals surface area contributed by atoms with E-state index in [9.17, 15) is 9.59 Å². The van der Waals surface area contributed by atoms with Gasteiger partial charge < -0.3 is 21.3 Å². The van der Waals surface area contributed by atoms with Crippen LogP contribution in [0.4, 0.5) is 0 Å². The molecule has 2 aromatic carbocycles. The van der Waals surface area contributed by atoms with Crippen molar-refractivity contribution in [3.63, 3.8) is 0 Å². The van der Waals surface area contributed by atoms with Crippen molar-refractivity contribution in [2.45, 2.75) is 6.54 Å². The maximum atomic E-state index is 12.8. The Morgan fingerprint density at radius 1 is 0.846 bits per heavy atom. The fraction of sp³-hybridized carbons (Fsp3) is 0.300. The molecule has 4 N–H and O–H groups in total. The highest BCUT2D eigenvalue weighted by atomic mass is 16.2. The zero-order valence-corrected chi connectivity index (χ0v) is 14.7. The van der Waals surface area contributed by atoms with Gasteiger partial charge in [0.25, 0.3) is 5.91 Å². The van der Waals surface area contributed by atoms with Gasteiger partial charge in [-0.2, -0.15) is 0 Å². The molecule has 0 bridgehead atoms. The van der Waals surface area contributed by atoms with E-state index >= 15 is 0 Å². The molecule has 0 spiro atoms. The molecule has 0 atom stereocenters. The largest absolute Gasteiger partial charge is 0.338 e. The predicted molar refractivity (Wildman–Crippen MR) is 101 cm³/mol. The van der Waals surface area contributed by atoms with Gasteiger partial charge in [-0.1, -0.05) is 30.3 Å². The molecule has 26 heavy (non-hydrogen) atoms. The molecule has 2 amide bonds. The summed E-state index contributed by atoms with van der Waals surface area (Å²) in [6, 6.07) is 15.6. The predicted octanol–water partition coefficient (Wildman–Crippen LogP) is 1.06. The third kappa shape index (κ3) is 3.92. The Kier molecular flexibility index (Phi) is 5.65. The molecule has 6 heteroatoms. The van der Waals surface area contributed by atoms with Gasteiger partial charge in [-0.15, -0.1) is 0 Å². The minimum Gasteiger partial charge on any atom is -0.338 e. The molecule has 1 saturated heterocycles. The number of carbonyl (C=O) groups excluding carboxylic acids is 2. The van der Waals surface area contributed by atoms with E-state index in [-0.39, 0.29) is 18.4 Å². The van der Waals surface area contributed by atoms with Crippen LogP contribution in [0.15, 0.2) is 48.5 Å². The second-order valence-electron chi connectivity index (χ2n) is 6.36. The summed E-state index contributed by atoms with van der Waals surface area (Å²) in [7, 11) is 0. The molecule has 1 heterocycles. The van der Waals surface area contributed by atoms with Gasteiger partial charge >= 0.3 is 0 Å². The molecule has 3 rings (SSSR count). The van der Waals surface area contributed by atoms with Gasteiger partial charge in [0.1, 0.15) is 0 Å². The Morgan fingerprint density at radius 2 is 1.46 bits per heavy atom. The standard InChI is InChI=1S/C20H24N4O2/c21-13-15-3-1-4-16(11-15)17-5-2-6-18(12-17)20(26)24-9-7-23(8-10-24)19(25)14-22/h1-6,11-12H,7-10,13-14,21-22H2. The average Bonchev–Trinajstić information content (AvgIpc) is 2.73. The number of benzene rings is 2. The summed E-state index contributed by atoms with van der Waals surface area (Å²) in [4.78, 5) is 28.0. The molecule has 0 saturated carbocycles. The number of nitrogens with two attached hydrogens (primary N) is 2. The summed E-state index contributed by atoms with van der Waals surface area (Å²) in [5.41, 5.74) is 14.9. The van der Waals surface area contributed by atoms with Crippen LogP contribution in [0.25, 0.3) is 11.1 Å². The Bertz CT molecular complexity index is 798. The van der Waals surface area contributed by atoms with Crippen molar-refractivity contribution in [3.8, 4) is 11.1 Å². The van der Waals surface area contributed by atoms with Crippen LogP contribution in [0.3, 0.4) is 0 Å². The molecular weight excluding hydrogens is 328 g/mol. The van der Waals surface area contributed by atoms with E-state index < -0.39 is 0 Å². The van der Waals surface area contributed by atoms with E-state index in [2.05, 4.69) is 0 Å². The smallest absolute Gasteiger partial charge is 0.253 e. The minimum atomic E-state index is -0.0705. The van der Waals surface area contributed by atoms with E-state index in [1.54, 1.807) is 9.80 Å². The second-order valence-corrected chi connectivity index (χ2v) is 6.36. The fourth-order valence-corrected chi connectivity index (χ4v) is 3.18. The maximum absolute atomic E-state index is 12.8. The van der Waals surface area contributed by atoms with Gasteiger partial charge in [0.2, 0.25) is 5.91 Å². The van der Waals surface area contributed by atoms with Gasteiger partial charge in [0, 0.05) is 38.3 Å². The maximum Gasteiger partial charge on any atom is 0.253 e. The Balaban J connectivity index is 1.74. The quantitative estimate of drug-likeness (QED) is 0.860. The minimum absolute atomic E-state index is 0.0118. The lowest BCUT2D eigenvalue weighted by Crippen LogP contribution is -2.51. The molecule has 0 radical (unpaired) electrons. The van der Waals surface area contributed by atoms with Gasteiger partial charge in [-0.05, 0) is 34.9 Å². The number of piperazine rings is 1. The molecule has 136 valence electrons. The van der Waals surface area contributed by atoms with Gasteiger partial charge in [0.05, 0.1) is 6.54 Å². The summed E-state index contributed by atoms with van der Waals surface area (Å²) in [5.74, 6) is -0.0828. The summed E-state index contributed by atoms with van der Waals surface area (Å²) in [5, 5.41) is 0. The summed E-state index contributed by atoms with van der Waals surface area (Å²) >= 11 is 0. The SMILES string of the molecule is NCC(=O)N1CCN(C(=O)c2cccc(-c3cccc(CN)c3)c2)CC1. The molecule has 0 unspecified atom stereocenters. The van der Waals surface area contributed by atoms with Crippen molar-refractivity contribution in [1.29, 1.82) is 0 Å². The molecule has 1 aliphatic heterocycles. The van der Waals surface area contributed by atoms with Crippen LogP contribution in [0, 0.1) is 0 Å². The number of nitrogens with zero attached hydrogens (tertiary/aromatic N) is 2. The van der Waals surface area contributed by atoms with Crippen molar-refractivity contribution >= 4 is 11.8 Å². The molecule has 2 aromatic rings. The lowest BCUT2D eigenvalue weighted by molar-refractivity contribution is -0.131. The van der Waals surface area contributed by atoms with Crippen LogP contribution in [0.1, 0.15) is 15.9 Å². The Labute approximate surface area is 153 Å². The van der Waals surface area contributed by atoms with E-state index in [1.165, 1.54) is 0 Å². The second kappa shape index (κ2) is 8.12. The summed E-state index contributed by atoms with van der Waals surface area (Å²) in [6.07, 6.45) is 0. The highest BCUT2D eigenvalue weighted by molar-refractivity contribution is 5.95. The van der Waals surface area contributed by atoms with Crippen LogP contribution in [-0.4, -0.2) is 54.3 Å². The molecule has 1 fully saturated rings. The first-order valence-electron chi connectivity index (χ1n) is 8.79. The van der Waals surface area contributed by atoms with Crippen LogP contribution in [-0.2, 0) is 11.3 Å². The molecule has 6 nitrogen and oxygen atoms in total. The summed E-state index contributed by atoms with van der Waals surface area (Å²) < 4.78 is 0. The van der Waals surface area contributed by atoms with Gasteiger partial charge in [-0.25, -0.2) is 0 Å². The van der Waals surface area contributed by atoms with Gasteiger partial charge in [0.15, 0.2) is 0 Å². The first-order valence-corrected chi connectivity index (χ1v) is 8.79. The topological polar surface area (TPSA) is 92.7 Å². The fourth-order valence-electron chi connectivity index (χ4n) is 3.18. The number of rotatable bonds is 4. The van der Waals surface area contributed by atoms with E-state index in [1.807, 2.05) is 48.5 Å². The zero-order valence-electron chi connectivity index (χ0n) is 14.7. The molecule has 0 aliphatic carbocycles. The first kappa shape index (κ1) is 18.1. The van der Waals surface area contributed by atoms with E-state index in [0.717, 1.165) is 16.7 Å². The zero-order chi connectivity index (χ0) is 18.5. The van der Waals surface area contributed by atoms with Crippen molar-refractivity contribution in [2.24, 2.45) is 11.5 Å². The van der Waals surface area contributed by atoms with Crippen molar-refractivity contribution in [3.05, 3.63) is 59.7 Å². The molecule has 1 aliphatic rings. The number of hydrogen-bond acceptors (Lipinski definition) is 4. The number of carbonyl (C=O) groups is 2.